The van der Waals surface area contributed by atoms with Gasteiger partial charge in [-0.15, -0.1) is 0 Å². The van der Waals surface area contributed by atoms with Crippen molar-refractivity contribution in [2.75, 3.05) is 13.1 Å². The fraction of sp³-hybridized carbons (Fsp3) is 0.909. The molecule has 3 nitrogen and oxygen atoms in total. The fourth-order valence-corrected chi connectivity index (χ4v) is 3.25. The van der Waals surface area contributed by atoms with E-state index < -0.39 is 5.97 Å². The highest BCUT2D eigenvalue weighted by atomic mass is 16.4. The molecule has 1 heterocycles. The van der Waals surface area contributed by atoms with E-state index in [1.54, 1.807) is 0 Å². The summed E-state index contributed by atoms with van der Waals surface area (Å²) in [7, 11) is 0. The molecule has 2 rings (SSSR count). The van der Waals surface area contributed by atoms with Crippen LogP contribution in [0.4, 0.5) is 0 Å². The molecule has 0 aromatic carbocycles. The van der Waals surface area contributed by atoms with Crippen LogP contribution in [-0.4, -0.2) is 35.1 Å². The van der Waals surface area contributed by atoms with Gasteiger partial charge in [-0.3, -0.25) is 9.69 Å². The number of carbonyl (C=O) groups is 1. The minimum Gasteiger partial charge on any atom is -0.480 e. The first-order valence-electron chi connectivity index (χ1n) is 5.71. The van der Waals surface area contributed by atoms with E-state index >= 15 is 0 Å². The lowest BCUT2D eigenvalue weighted by Crippen LogP contribution is -2.39. The molecule has 0 radical (unpaired) electrons. The van der Waals surface area contributed by atoms with Crippen molar-refractivity contribution < 1.29 is 9.90 Å². The number of hydrogen-bond donors (Lipinski definition) is 1. The molecule has 3 atom stereocenters. The standard InChI is InChI=1S/C11H19NO2/c1-2-6-12-7-8-4-3-5-9(8)10(12)11(13)14/h8-10H,2-7H2,1H3,(H,13,14). The van der Waals surface area contributed by atoms with Crippen LogP contribution in [0.5, 0.6) is 0 Å². The van der Waals surface area contributed by atoms with Crippen molar-refractivity contribution in [1.29, 1.82) is 0 Å². The van der Waals surface area contributed by atoms with E-state index in [1.807, 2.05) is 0 Å². The zero-order chi connectivity index (χ0) is 10.1. The van der Waals surface area contributed by atoms with Crippen LogP contribution in [-0.2, 0) is 4.79 Å². The summed E-state index contributed by atoms with van der Waals surface area (Å²) in [6.07, 6.45) is 4.67. The molecule has 0 spiro atoms. The van der Waals surface area contributed by atoms with E-state index in [1.165, 1.54) is 12.8 Å². The van der Waals surface area contributed by atoms with Gasteiger partial charge in [0, 0.05) is 6.54 Å². The molecule has 1 saturated carbocycles. The highest BCUT2D eigenvalue weighted by Crippen LogP contribution is 2.42. The third kappa shape index (κ3) is 1.54. The number of hydrogen-bond acceptors (Lipinski definition) is 2. The lowest BCUT2D eigenvalue weighted by Gasteiger charge is -2.23. The fourth-order valence-electron chi connectivity index (χ4n) is 3.25. The largest absolute Gasteiger partial charge is 0.480 e. The molecule has 0 aromatic rings. The third-order valence-electron chi connectivity index (χ3n) is 3.75. The first-order valence-corrected chi connectivity index (χ1v) is 5.71. The van der Waals surface area contributed by atoms with Crippen molar-refractivity contribution in [1.82, 2.24) is 4.90 Å². The van der Waals surface area contributed by atoms with Crippen LogP contribution < -0.4 is 0 Å². The number of aliphatic carboxylic acids is 1. The maximum atomic E-state index is 11.2. The predicted molar refractivity (Wildman–Crippen MR) is 54.1 cm³/mol. The van der Waals surface area contributed by atoms with Crippen LogP contribution >= 0.6 is 0 Å². The van der Waals surface area contributed by atoms with Gasteiger partial charge in [0.25, 0.3) is 0 Å². The third-order valence-corrected chi connectivity index (χ3v) is 3.75. The number of carboxylic acid groups (broad SMARTS) is 1. The molecule has 3 heteroatoms. The molecule has 2 fully saturated rings. The Kier molecular flexibility index (Phi) is 2.77. The molecule has 3 unspecified atom stereocenters. The van der Waals surface area contributed by atoms with Gasteiger partial charge >= 0.3 is 5.97 Å². The highest BCUT2D eigenvalue weighted by molar-refractivity contribution is 5.74. The summed E-state index contributed by atoms with van der Waals surface area (Å²) in [5.74, 6) is 0.509. The minimum atomic E-state index is -0.604. The summed E-state index contributed by atoms with van der Waals surface area (Å²) in [5, 5.41) is 9.22. The topological polar surface area (TPSA) is 40.5 Å². The summed E-state index contributed by atoms with van der Waals surface area (Å²) in [5.41, 5.74) is 0. The van der Waals surface area contributed by atoms with Gasteiger partial charge in [0.1, 0.15) is 6.04 Å². The van der Waals surface area contributed by atoms with Gasteiger partial charge < -0.3 is 5.11 Å². The molecule has 1 saturated heterocycles. The monoisotopic (exact) mass is 197 g/mol. The van der Waals surface area contributed by atoms with Crippen LogP contribution in [0.3, 0.4) is 0 Å². The summed E-state index contributed by atoms with van der Waals surface area (Å²) in [4.78, 5) is 13.4. The molecular formula is C11H19NO2. The van der Waals surface area contributed by atoms with Crippen LogP contribution in [0.15, 0.2) is 0 Å². The number of rotatable bonds is 3. The lowest BCUT2D eigenvalue weighted by atomic mass is 9.94. The minimum absolute atomic E-state index is 0.178. The molecule has 0 aromatic heterocycles. The van der Waals surface area contributed by atoms with Crippen molar-refractivity contribution in [3.05, 3.63) is 0 Å². The molecule has 0 amide bonds. The molecule has 14 heavy (non-hydrogen) atoms. The zero-order valence-corrected chi connectivity index (χ0v) is 8.78. The average Bonchev–Trinajstić information content (AvgIpc) is 2.62. The number of likely N-dealkylation sites (tertiary alicyclic amines) is 1. The normalized spacial score (nSPS) is 37.4. The Morgan fingerprint density at radius 2 is 2.29 bits per heavy atom. The van der Waals surface area contributed by atoms with Crippen molar-refractivity contribution in [2.45, 2.75) is 38.6 Å². The zero-order valence-electron chi connectivity index (χ0n) is 8.78. The number of nitrogens with zero attached hydrogens (tertiary/aromatic N) is 1. The van der Waals surface area contributed by atoms with E-state index in [9.17, 15) is 9.90 Å². The Labute approximate surface area is 85.1 Å². The Bertz CT molecular complexity index is 229. The van der Waals surface area contributed by atoms with Crippen molar-refractivity contribution in [3.63, 3.8) is 0 Å². The van der Waals surface area contributed by atoms with Gasteiger partial charge in [-0.2, -0.15) is 0 Å². The lowest BCUT2D eigenvalue weighted by molar-refractivity contribution is -0.143. The number of fused-ring (bicyclic) bond motifs is 1. The second kappa shape index (κ2) is 3.89. The number of carboxylic acids is 1. The van der Waals surface area contributed by atoms with E-state index in [0.717, 1.165) is 25.9 Å². The first-order chi connectivity index (χ1) is 6.74. The van der Waals surface area contributed by atoms with Crippen molar-refractivity contribution in [2.24, 2.45) is 11.8 Å². The maximum Gasteiger partial charge on any atom is 0.321 e. The summed E-state index contributed by atoms with van der Waals surface area (Å²) in [6, 6.07) is -0.178. The second-order valence-electron chi connectivity index (χ2n) is 4.63. The molecule has 0 bridgehead atoms. The van der Waals surface area contributed by atoms with Crippen LogP contribution in [0.25, 0.3) is 0 Å². The summed E-state index contributed by atoms with van der Waals surface area (Å²) in [6.45, 7) is 4.09. The highest BCUT2D eigenvalue weighted by Gasteiger charge is 2.47. The maximum absolute atomic E-state index is 11.2. The first kappa shape index (κ1) is 9.97. The molecular weight excluding hydrogens is 178 g/mol. The van der Waals surface area contributed by atoms with E-state index in [-0.39, 0.29) is 6.04 Å². The van der Waals surface area contributed by atoms with E-state index in [4.69, 9.17) is 0 Å². The smallest absolute Gasteiger partial charge is 0.321 e. The average molecular weight is 197 g/mol. The van der Waals surface area contributed by atoms with Crippen LogP contribution in [0.2, 0.25) is 0 Å². The quantitative estimate of drug-likeness (QED) is 0.746. The van der Waals surface area contributed by atoms with E-state index in [0.29, 0.717) is 11.8 Å². The Balaban J connectivity index is 2.09. The van der Waals surface area contributed by atoms with Gasteiger partial charge in [0.15, 0.2) is 0 Å². The van der Waals surface area contributed by atoms with Gasteiger partial charge in [-0.1, -0.05) is 13.3 Å². The van der Waals surface area contributed by atoms with Crippen LogP contribution in [0.1, 0.15) is 32.6 Å². The van der Waals surface area contributed by atoms with Crippen molar-refractivity contribution in [3.8, 4) is 0 Å². The van der Waals surface area contributed by atoms with Gasteiger partial charge in [0.2, 0.25) is 0 Å². The Morgan fingerprint density at radius 3 is 2.93 bits per heavy atom. The van der Waals surface area contributed by atoms with Gasteiger partial charge in [-0.25, -0.2) is 0 Å². The molecule has 2 aliphatic rings. The van der Waals surface area contributed by atoms with E-state index in [2.05, 4.69) is 11.8 Å². The SMILES string of the molecule is CCCN1CC2CCCC2C1C(=O)O. The molecule has 1 aliphatic carbocycles. The Morgan fingerprint density at radius 1 is 1.50 bits per heavy atom. The van der Waals surface area contributed by atoms with Gasteiger partial charge in [-0.05, 0) is 37.6 Å². The van der Waals surface area contributed by atoms with Crippen LogP contribution in [0, 0.1) is 11.8 Å². The molecule has 80 valence electrons. The molecule has 1 N–H and O–H groups in total. The Hall–Kier alpha value is -0.570. The molecule has 1 aliphatic heterocycles. The summed E-state index contributed by atoms with van der Waals surface area (Å²) >= 11 is 0. The summed E-state index contributed by atoms with van der Waals surface area (Å²) < 4.78 is 0. The predicted octanol–water partition coefficient (Wildman–Crippen LogP) is 1.58. The van der Waals surface area contributed by atoms with Crippen molar-refractivity contribution >= 4 is 5.97 Å². The second-order valence-corrected chi connectivity index (χ2v) is 4.63. The van der Waals surface area contributed by atoms with Gasteiger partial charge in [0.05, 0.1) is 0 Å².